The first kappa shape index (κ1) is 14.0. The molecule has 1 rings (SSSR count). The summed E-state index contributed by atoms with van der Waals surface area (Å²) in [6, 6.07) is 1.51. The maximum Gasteiger partial charge on any atom is 0.00695 e. The van der Waals surface area contributed by atoms with Gasteiger partial charge in [0.05, 0.1) is 0 Å². The summed E-state index contributed by atoms with van der Waals surface area (Å²) in [6.07, 6.45) is 12.6. The van der Waals surface area contributed by atoms with Crippen molar-refractivity contribution in [2.75, 3.05) is 0 Å². The number of nitrogens with one attached hydrogen (secondary N) is 1. The topological polar surface area (TPSA) is 12.0 Å². The minimum atomic E-state index is 0.739. The van der Waals surface area contributed by atoms with Crippen LogP contribution in [0.5, 0.6) is 0 Å². The lowest BCUT2D eigenvalue weighted by Gasteiger charge is -2.31. The molecule has 0 bridgehead atoms. The summed E-state index contributed by atoms with van der Waals surface area (Å²) >= 11 is 0. The average molecular weight is 225 g/mol. The van der Waals surface area contributed by atoms with Crippen LogP contribution in [-0.2, 0) is 0 Å². The van der Waals surface area contributed by atoms with Crippen LogP contribution in [0.1, 0.15) is 78.6 Å². The van der Waals surface area contributed by atoms with E-state index in [9.17, 15) is 0 Å². The molecule has 0 saturated heterocycles. The maximum absolute atomic E-state index is 3.89. The molecular formula is C15H31N. The van der Waals surface area contributed by atoms with Crippen LogP contribution in [0.2, 0.25) is 0 Å². The third-order valence-corrected chi connectivity index (χ3v) is 4.13. The van der Waals surface area contributed by atoms with Crippen molar-refractivity contribution in [2.45, 2.75) is 90.6 Å². The molecule has 1 nitrogen and oxygen atoms in total. The van der Waals surface area contributed by atoms with Gasteiger partial charge in [-0.15, -0.1) is 0 Å². The summed E-state index contributed by atoms with van der Waals surface area (Å²) in [4.78, 5) is 0. The van der Waals surface area contributed by atoms with Gasteiger partial charge in [0.25, 0.3) is 0 Å². The van der Waals surface area contributed by atoms with Gasteiger partial charge in [-0.05, 0) is 38.5 Å². The average Bonchev–Trinajstić information content (AvgIpc) is 2.31. The molecule has 1 N–H and O–H groups in total. The van der Waals surface area contributed by atoms with Gasteiger partial charge in [0.1, 0.15) is 0 Å². The Morgan fingerprint density at radius 2 is 1.56 bits per heavy atom. The summed E-state index contributed by atoms with van der Waals surface area (Å²) in [5, 5.41) is 3.89. The van der Waals surface area contributed by atoms with Gasteiger partial charge in [-0.2, -0.15) is 0 Å². The Bertz CT molecular complexity index is 155. The molecule has 1 aliphatic carbocycles. The van der Waals surface area contributed by atoms with Crippen LogP contribution in [-0.4, -0.2) is 12.1 Å². The fourth-order valence-electron chi connectivity index (χ4n) is 3.15. The van der Waals surface area contributed by atoms with E-state index in [1.807, 2.05) is 0 Å². The minimum absolute atomic E-state index is 0.739. The van der Waals surface area contributed by atoms with Crippen molar-refractivity contribution >= 4 is 0 Å². The van der Waals surface area contributed by atoms with E-state index in [1.54, 1.807) is 0 Å². The van der Waals surface area contributed by atoms with Gasteiger partial charge in [-0.3, -0.25) is 0 Å². The van der Waals surface area contributed by atoms with Crippen molar-refractivity contribution in [1.29, 1.82) is 0 Å². The Morgan fingerprint density at radius 1 is 1.00 bits per heavy atom. The molecular weight excluding hydrogens is 194 g/mol. The Kier molecular flexibility index (Phi) is 7.11. The zero-order valence-corrected chi connectivity index (χ0v) is 11.6. The van der Waals surface area contributed by atoms with E-state index in [1.165, 1.54) is 57.8 Å². The highest BCUT2D eigenvalue weighted by atomic mass is 14.9. The van der Waals surface area contributed by atoms with Crippen LogP contribution in [0.15, 0.2) is 0 Å². The molecule has 1 fully saturated rings. The predicted octanol–water partition coefficient (Wildman–Crippen LogP) is 4.51. The Labute approximate surface area is 102 Å². The van der Waals surface area contributed by atoms with Crippen LogP contribution in [0, 0.1) is 5.92 Å². The molecule has 1 unspecified atom stereocenters. The van der Waals surface area contributed by atoms with E-state index in [2.05, 4.69) is 26.1 Å². The summed E-state index contributed by atoms with van der Waals surface area (Å²) in [7, 11) is 0. The molecule has 16 heavy (non-hydrogen) atoms. The molecule has 0 heterocycles. The zero-order valence-electron chi connectivity index (χ0n) is 11.6. The molecule has 1 saturated carbocycles. The van der Waals surface area contributed by atoms with Gasteiger partial charge in [0.15, 0.2) is 0 Å². The lowest BCUT2D eigenvalue weighted by molar-refractivity contribution is 0.255. The molecule has 1 heteroatoms. The van der Waals surface area contributed by atoms with Crippen molar-refractivity contribution in [3.63, 3.8) is 0 Å². The molecule has 1 aliphatic rings. The third-order valence-electron chi connectivity index (χ3n) is 4.13. The molecule has 0 radical (unpaired) electrons. The number of rotatable bonds is 7. The largest absolute Gasteiger partial charge is 0.311 e. The monoisotopic (exact) mass is 225 g/mol. The molecule has 96 valence electrons. The van der Waals surface area contributed by atoms with Crippen molar-refractivity contribution in [3.05, 3.63) is 0 Å². The molecule has 1 atom stereocenters. The molecule has 0 aliphatic heterocycles. The second-order valence-corrected chi connectivity index (χ2v) is 5.63. The van der Waals surface area contributed by atoms with Crippen molar-refractivity contribution < 1.29 is 0 Å². The summed E-state index contributed by atoms with van der Waals surface area (Å²) < 4.78 is 0. The Balaban J connectivity index is 2.30. The highest BCUT2D eigenvalue weighted by Gasteiger charge is 2.21. The van der Waals surface area contributed by atoms with E-state index in [0.717, 1.165) is 18.0 Å². The quantitative estimate of drug-likeness (QED) is 0.672. The molecule has 0 aromatic rings. The van der Waals surface area contributed by atoms with E-state index < -0.39 is 0 Å². The van der Waals surface area contributed by atoms with E-state index in [4.69, 9.17) is 0 Å². The summed E-state index contributed by atoms with van der Waals surface area (Å²) in [6.45, 7) is 7.01. The summed E-state index contributed by atoms with van der Waals surface area (Å²) in [5.41, 5.74) is 0. The highest BCUT2D eigenvalue weighted by molar-refractivity contribution is 4.79. The maximum atomic E-state index is 3.89. The van der Waals surface area contributed by atoms with Crippen molar-refractivity contribution in [3.8, 4) is 0 Å². The van der Waals surface area contributed by atoms with Crippen LogP contribution in [0.25, 0.3) is 0 Å². The fraction of sp³-hybridized carbons (Fsp3) is 1.00. The van der Waals surface area contributed by atoms with Crippen LogP contribution >= 0.6 is 0 Å². The highest BCUT2D eigenvalue weighted by Crippen LogP contribution is 2.26. The SMILES string of the molecule is CCCC(CCC)NC(C)C1CCCCC1. The predicted molar refractivity (Wildman–Crippen MR) is 72.8 cm³/mol. The van der Waals surface area contributed by atoms with E-state index in [-0.39, 0.29) is 0 Å². The second kappa shape index (κ2) is 8.11. The molecule has 0 amide bonds. The second-order valence-electron chi connectivity index (χ2n) is 5.63. The molecule has 0 aromatic carbocycles. The lowest BCUT2D eigenvalue weighted by Crippen LogP contribution is -2.41. The minimum Gasteiger partial charge on any atom is -0.311 e. The van der Waals surface area contributed by atoms with E-state index in [0.29, 0.717) is 0 Å². The first-order valence-corrected chi connectivity index (χ1v) is 7.54. The molecule has 0 aromatic heterocycles. The third kappa shape index (κ3) is 4.86. The van der Waals surface area contributed by atoms with Crippen LogP contribution in [0.3, 0.4) is 0 Å². The zero-order chi connectivity index (χ0) is 11.8. The summed E-state index contributed by atoms with van der Waals surface area (Å²) in [5.74, 6) is 0.949. The van der Waals surface area contributed by atoms with Gasteiger partial charge in [-0.1, -0.05) is 46.0 Å². The lowest BCUT2D eigenvalue weighted by atomic mass is 9.84. The smallest absolute Gasteiger partial charge is 0.00695 e. The first-order valence-electron chi connectivity index (χ1n) is 7.54. The fourth-order valence-corrected chi connectivity index (χ4v) is 3.15. The van der Waals surface area contributed by atoms with Gasteiger partial charge < -0.3 is 5.32 Å². The molecule has 0 spiro atoms. The van der Waals surface area contributed by atoms with Crippen molar-refractivity contribution in [1.82, 2.24) is 5.32 Å². The normalized spacial score (nSPS) is 20.2. The van der Waals surface area contributed by atoms with Gasteiger partial charge in [0.2, 0.25) is 0 Å². The standard InChI is InChI=1S/C15H31N/c1-4-9-15(10-5-2)16-13(3)14-11-7-6-8-12-14/h13-16H,4-12H2,1-3H3. The van der Waals surface area contributed by atoms with Crippen LogP contribution in [0.4, 0.5) is 0 Å². The first-order chi connectivity index (χ1) is 7.77. The van der Waals surface area contributed by atoms with Gasteiger partial charge in [0, 0.05) is 12.1 Å². The number of hydrogen-bond acceptors (Lipinski definition) is 1. The van der Waals surface area contributed by atoms with Gasteiger partial charge in [-0.25, -0.2) is 0 Å². The van der Waals surface area contributed by atoms with E-state index >= 15 is 0 Å². The Morgan fingerprint density at radius 3 is 2.06 bits per heavy atom. The van der Waals surface area contributed by atoms with Crippen LogP contribution < -0.4 is 5.32 Å². The van der Waals surface area contributed by atoms with Gasteiger partial charge >= 0.3 is 0 Å². The Hall–Kier alpha value is -0.0400. The van der Waals surface area contributed by atoms with Crippen molar-refractivity contribution in [2.24, 2.45) is 5.92 Å². The number of hydrogen-bond donors (Lipinski definition) is 1.